The molecular formula is C25H23N3O5. The molecule has 0 saturated carbocycles. The summed E-state index contributed by atoms with van der Waals surface area (Å²) in [6.07, 6.45) is 0.514. The number of imide groups is 1. The van der Waals surface area contributed by atoms with E-state index in [9.17, 15) is 19.7 Å². The summed E-state index contributed by atoms with van der Waals surface area (Å²) in [5, 5.41) is 16.1. The van der Waals surface area contributed by atoms with Crippen LogP contribution in [0, 0.1) is 10.1 Å². The van der Waals surface area contributed by atoms with Gasteiger partial charge in [-0.2, -0.15) is 0 Å². The van der Waals surface area contributed by atoms with E-state index in [1.54, 1.807) is 0 Å². The van der Waals surface area contributed by atoms with Gasteiger partial charge in [0.2, 0.25) is 0 Å². The summed E-state index contributed by atoms with van der Waals surface area (Å²) in [6, 6.07) is 19.1. The molecule has 33 heavy (non-hydrogen) atoms. The summed E-state index contributed by atoms with van der Waals surface area (Å²) >= 11 is 0. The summed E-state index contributed by atoms with van der Waals surface area (Å²) in [6.45, 7) is 3.09. The second kappa shape index (κ2) is 9.62. The molecule has 168 valence electrons. The Morgan fingerprint density at radius 2 is 1.70 bits per heavy atom. The second-order valence-corrected chi connectivity index (χ2v) is 7.52. The van der Waals surface area contributed by atoms with Gasteiger partial charge < -0.3 is 10.1 Å². The van der Waals surface area contributed by atoms with Gasteiger partial charge in [0.1, 0.15) is 5.70 Å². The number of nitro groups is 1. The number of rotatable bonds is 9. The van der Waals surface area contributed by atoms with Crippen molar-refractivity contribution >= 4 is 39.5 Å². The Hall–Kier alpha value is -4.04. The Bertz CT molecular complexity index is 1250. The van der Waals surface area contributed by atoms with Crippen molar-refractivity contribution in [1.82, 2.24) is 4.90 Å². The van der Waals surface area contributed by atoms with Crippen molar-refractivity contribution in [2.24, 2.45) is 0 Å². The molecular weight excluding hydrogens is 422 g/mol. The standard InChI is InChI=1S/C25H23N3O5/c1-2-33-16-6-15-27-24(29)22(18-11-13-19(14-12-18)28(31)32)23(25(27)30)26-21-10-5-8-17-7-3-4-9-20(17)21/h3-5,7-14,26H,2,6,15-16H2,1H3. The highest BCUT2D eigenvalue weighted by Crippen LogP contribution is 2.33. The lowest BCUT2D eigenvalue weighted by Gasteiger charge is -2.15. The highest BCUT2D eigenvalue weighted by atomic mass is 16.6. The highest BCUT2D eigenvalue weighted by molar-refractivity contribution is 6.36. The number of ether oxygens (including phenoxy) is 1. The van der Waals surface area contributed by atoms with Gasteiger partial charge in [0.25, 0.3) is 17.5 Å². The van der Waals surface area contributed by atoms with E-state index < -0.39 is 16.7 Å². The van der Waals surface area contributed by atoms with Crippen molar-refractivity contribution in [3.8, 4) is 0 Å². The van der Waals surface area contributed by atoms with Crippen LogP contribution < -0.4 is 5.32 Å². The summed E-state index contributed by atoms with van der Waals surface area (Å²) in [5.74, 6) is -0.870. The van der Waals surface area contributed by atoms with Crippen LogP contribution in [0.1, 0.15) is 18.9 Å². The molecule has 4 rings (SSSR count). The molecule has 0 fully saturated rings. The van der Waals surface area contributed by atoms with Crippen LogP contribution in [0.2, 0.25) is 0 Å². The van der Waals surface area contributed by atoms with Crippen molar-refractivity contribution < 1.29 is 19.2 Å². The number of fused-ring (bicyclic) bond motifs is 1. The van der Waals surface area contributed by atoms with Gasteiger partial charge in [-0.25, -0.2) is 0 Å². The molecule has 1 heterocycles. The minimum absolute atomic E-state index is 0.0896. The molecule has 0 atom stereocenters. The largest absolute Gasteiger partial charge is 0.382 e. The fraction of sp³-hybridized carbons (Fsp3) is 0.200. The third-order valence-electron chi connectivity index (χ3n) is 5.46. The Labute approximate surface area is 190 Å². The van der Waals surface area contributed by atoms with Crippen molar-refractivity contribution in [2.45, 2.75) is 13.3 Å². The maximum atomic E-state index is 13.3. The van der Waals surface area contributed by atoms with E-state index in [1.165, 1.54) is 29.2 Å². The molecule has 0 aromatic heterocycles. The van der Waals surface area contributed by atoms with Gasteiger partial charge in [0.05, 0.1) is 10.5 Å². The Morgan fingerprint density at radius 1 is 0.970 bits per heavy atom. The predicted octanol–water partition coefficient (Wildman–Crippen LogP) is 4.37. The molecule has 2 amide bonds. The summed E-state index contributed by atoms with van der Waals surface area (Å²) in [5.41, 5.74) is 1.39. The normalized spacial score (nSPS) is 13.8. The number of nitrogens with zero attached hydrogens (tertiary/aromatic N) is 2. The van der Waals surface area contributed by atoms with Crippen LogP contribution in [0.4, 0.5) is 11.4 Å². The van der Waals surface area contributed by atoms with Crippen molar-refractivity contribution in [1.29, 1.82) is 0 Å². The minimum atomic E-state index is -0.505. The minimum Gasteiger partial charge on any atom is -0.382 e. The lowest BCUT2D eigenvalue weighted by Crippen LogP contribution is -2.34. The van der Waals surface area contributed by atoms with Crippen molar-refractivity contribution in [3.05, 3.63) is 88.1 Å². The first-order valence-corrected chi connectivity index (χ1v) is 10.7. The van der Waals surface area contributed by atoms with Gasteiger partial charge in [-0.05, 0) is 42.5 Å². The van der Waals surface area contributed by atoms with Crippen molar-refractivity contribution in [2.75, 3.05) is 25.1 Å². The number of anilines is 1. The molecule has 1 N–H and O–H groups in total. The number of benzene rings is 3. The van der Waals surface area contributed by atoms with Crippen LogP contribution in [0.15, 0.2) is 72.4 Å². The van der Waals surface area contributed by atoms with E-state index >= 15 is 0 Å². The van der Waals surface area contributed by atoms with Gasteiger partial charge in [-0.15, -0.1) is 0 Å². The number of nitrogens with one attached hydrogen (secondary N) is 1. The predicted molar refractivity (Wildman–Crippen MR) is 125 cm³/mol. The van der Waals surface area contributed by atoms with Gasteiger partial charge >= 0.3 is 0 Å². The number of hydrogen-bond acceptors (Lipinski definition) is 6. The Balaban J connectivity index is 1.74. The smallest absolute Gasteiger partial charge is 0.278 e. The molecule has 0 spiro atoms. The second-order valence-electron chi connectivity index (χ2n) is 7.52. The van der Waals surface area contributed by atoms with E-state index in [0.717, 1.165) is 10.8 Å². The summed E-state index contributed by atoms with van der Waals surface area (Å²) in [4.78, 5) is 38.3. The lowest BCUT2D eigenvalue weighted by atomic mass is 10.0. The van der Waals surface area contributed by atoms with Gasteiger partial charge in [0.15, 0.2) is 0 Å². The molecule has 3 aromatic carbocycles. The summed E-state index contributed by atoms with van der Waals surface area (Å²) in [7, 11) is 0. The molecule has 0 aliphatic carbocycles. The highest BCUT2D eigenvalue weighted by Gasteiger charge is 2.39. The fourth-order valence-corrected chi connectivity index (χ4v) is 3.85. The molecule has 8 heteroatoms. The van der Waals surface area contributed by atoms with E-state index in [1.807, 2.05) is 49.4 Å². The number of non-ortho nitro benzene ring substituents is 1. The average Bonchev–Trinajstić information content (AvgIpc) is 3.06. The average molecular weight is 445 g/mol. The fourth-order valence-electron chi connectivity index (χ4n) is 3.85. The van der Waals surface area contributed by atoms with Crippen LogP contribution in [0.25, 0.3) is 16.3 Å². The third-order valence-corrected chi connectivity index (χ3v) is 5.46. The molecule has 0 unspecified atom stereocenters. The number of hydrogen-bond donors (Lipinski definition) is 1. The SMILES string of the molecule is CCOCCCN1C(=O)C(Nc2cccc3ccccc23)=C(c2ccc([N+](=O)[O-])cc2)C1=O. The van der Waals surface area contributed by atoms with Crippen LogP contribution in [0.5, 0.6) is 0 Å². The molecule has 3 aromatic rings. The quantitative estimate of drug-likeness (QED) is 0.227. The first kappa shape index (κ1) is 22.2. The zero-order chi connectivity index (χ0) is 23.4. The molecule has 0 radical (unpaired) electrons. The zero-order valence-corrected chi connectivity index (χ0v) is 18.1. The maximum Gasteiger partial charge on any atom is 0.278 e. The summed E-state index contributed by atoms with van der Waals surface area (Å²) < 4.78 is 5.34. The van der Waals surface area contributed by atoms with Gasteiger partial charge in [-0.1, -0.05) is 36.4 Å². The zero-order valence-electron chi connectivity index (χ0n) is 18.1. The number of nitro benzene ring substituents is 1. The van der Waals surface area contributed by atoms with Gasteiger partial charge in [-0.3, -0.25) is 24.6 Å². The molecule has 0 saturated heterocycles. The molecule has 1 aliphatic heterocycles. The van der Waals surface area contributed by atoms with E-state index in [4.69, 9.17) is 4.74 Å². The van der Waals surface area contributed by atoms with Crippen LogP contribution in [-0.4, -0.2) is 41.4 Å². The van der Waals surface area contributed by atoms with Crippen LogP contribution in [0.3, 0.4) is 0 Å². The van der Waals surface area contributed by atoms with Crippen LogP contribution in [-0.2, 0) is 14.3 Å². The maximum absolute atomic E-state index is 13.3. The Morgan fingerprint density at radius 3 is 2.42 bits per heavy atom. The molecule has 1 aliphatic rings. The number of carbonyl (C=O) groups excluding carboxylic acids is 2. The van der Waals surface area contributed by atoms with E-state index in [-0.39, 0.29) is 23.5 Å². The van der Waals surface area contributed by atoms with Crippen LogP contribution >= 0.6 is 0 Å². The monoisotopic (exact) mass is 445 g/mol. The van der Waals surface area contributed by atoms with Crippen molar-refractivity contribution in [3.63, 3.8) is 0 Å². The van der Waals surface area contributed by atoms with E-state index in [0.29, 0.717) is 30.9 Å². The topological polar surface area (TPSA) is 102 Å². The van der Waals surface area contributed by atoms with Gasteiger partial charge in [0, 0.05) is 43.0 Å². The number of amides is 2. The van der Waals surface area contributed by atoms with E-state index in [2.05, 4.69) is 5.32 Å². The lowest BCUT2D eigenvalue weighted by molar-refractivity contribution is -0.384. The third kappa shape index (κ3) is 4.47. The molecule has 8 nitrogen and oxygen atoms in total. The number of carbonyl (C=O) groups is 2. The first-order valence-electron chi connectivity index (χ1n) is 10.7. The Kier molecular flexibility index (Phi) is 6.46. The molecule has 0 bridgehead atoms. The first-order chi connectivity index (χ1) is 16.0.